The van der Waals surface area contributed by atoms with Crippen molar-refractivity contribution in [2.75, 3.05) is 13.6 Å². The summed E-state index contributed by atoms with van der Waals surface area (Å²) < 4.78 is 0. The van der Waals surface area contributed by atoms with Gasteiger partial charge in [0.25, 0.3) is 0 Å². The van der Waals surface area contributed by atoms with Crippen LogP contribution in [0.5, 0.6) is 0 Å². The van der Waals surface area contributed by atoms with E-state index >= 15 is 0 Å². The van der Waals surface area contributed by atoms with Crippen LogP contribution in [0, 0.1) is 5.92 Å². The molecule has 1 atom stereocenters. The normalized spacial score (nSPS) is 17.2. The fourth-order valence-electron chi connectivity index (χ4n) is 1.60. The van der Waals surface area contributed by atoms with Gasteiger partial charge in [0.1, 0.15) is 6.04 Å². The molecule has 1 aliphatic rings. The molecule has 92 valence electrons. The highest BCUT2D eigenvalue weighted by Crippen LogP contribution is 2.25. The Bertz CT molecular complexity index is 274. The van der Waals surface area contributed by atoms with Crippen molar-refractivity contribution >= 4 is 11.9 Å². The Morgan fingerprint density at radius 2 is 2.00 bits per heavy atom. The number of carbonyl (C=O) groups excluding carboxylic acids is 1. The van der Waals surface area contributed by atoms with Gasteiger partial charge in [-0.3, -0.25) is 14.9 Å². The summed E-state index contributed by atoms with van der Waals surface area (Å²) in [7, 11) is 1.77. The van der Waals surface area contributed by atoms with Gasteiger partial charge in [0.2, 0.25) is 5.91 Å². The number of carboxylic acid groups (broad SMARTS) is 1. The van der Waals surface area contributed by atoms with Crippen LogP contribution >= 0.6 is 0 Å². The van der Waals surface area contributed by atoms with Crippen LogP contribution in [0.25, 0.3) is 0 Å². The third kappa shape index (κ3) is 3.48. The number of likely N-dealkylation sites (N-methyl/N-ethyl adjacent to an activating group) is 1. The topological polar surface area (TPSA) is 69.6 Å². The van der Waals surface area contributed by atoms with Crippen molar-refractivity contribution < 1.29 is 14.7 Å². The molecule has 1 unspecified atom stereocenters. The van der Waals surface area contributed by atoms with E-state index in [1.807, 2.05) is 13.8 Å². The zero-order valence-electron chi connectivity index (χ0n) is 10.1. The van der Waals surface area contributed by atoms with Gasteiger partial charge in [0, 0.05) is 13.1 Å². The molecule has 0 saturated heterocycles. The van der Waals surface area contributed by atoms with Gasteiger partial charge >= 0.3 is 5.97 Å². The molecular formula is C11H20N2O3. The third-order valence-corrected chi connectivity index (χ3v) is 2.89. The van der Waals surface area contributed by atoms with Crippen molar-refractivity contribution in [1.29, 1.82) is 0 Å². The van der Waals surface area contributed by atoms with Crippen LogP contribution in [-0.4, -0.2) is 47.6 Å². The lowest BCUT2D eigenvalue weighted by Crippen LogP contribution is -2.46. The molecule has 16 heavy (non-hydrogen) atoms. The molecule has 0 bridgehead atoms. The first-order chi connectivity index (χ1) is 7.43. The first kappa shape index (κ1) is 13.0. The molecule has 1 saturated carbocycles. The van der Waals surface area contributed by atoms with E-state index < -0.39 is 12.0 Å². The second-order valence-electron chi connectivity index (χ2n) is 4.68. The van der Waals surface area contributed by atoms with Crippen LogP contribution in [0.2, 0.25) is 0 Å². The van der Waals surface area contributed by atoms with E-state index in [0.717, 1.165) is 12.8 Å². The fraction of sp³-hybridized carbons (Fsp3) is 0.818. The number of carbonyl (C=O) groups is 2. The number of aliphatic carboxylic acids is 1. The Morgan fingerprint density at radius 3 is 2.38 bits per heavy atom. The molecule has 0 aromatic rings. The molecule has 0 spiro atoms. The zero-order chi connectivity index (χ0) is 12.3. The van der Waals surface area contributed by atoms with Crippen molar-refractivity contribution in [2.45, 2.75) is 38.8 Å². The van der Waals surface area contributed by atoms with E-state index in [1.165, 1.54) is 0 Å². The maximum atomic E-state index is 11.6. The molecule has 1 aliphatic carbocycles. The molecule has 0 radical (unpaired) electrons. The molecule has 1 rings (SSSR count). The SMILES string of the molecule is CC(C)C(NCC(=O)N(C)C1CC1)C(=O)O. The highest BCUT2D eigenvalue weighted by atomic mass is 16.4. The van der Waals surface area contributed by atoms with Crippen molar-refractivity contribution in [2.24, 2.45) is 5.92 Å². The minimum atomic E-state index is -0.906. The Morgan fingerprint density at radius 1 is 1.44 bits per heavy atom. The predicted octanol–water partition coefficient (Wildman–Crippen LogP) is 0.306. The monoisotopic (exact) mass is 228 g/mol. The number of hydrogen-bond donors (Lipinski definition) is 2. The van der Waals surface area contributed by atoms with Gasteiger partial charge < -0.3 is 10.0 Å². The standard InChI is InChI=1S/C11H20N2O3/c1-7(2)10(11(15)16)12-6-9(14)13(3)8-4-5-8/h7-8,10,12H,4-6H2,1-3H3,(H,15,16). The summed E-state index contributed by atoms with van der Waals surface area (Å²) in [4.78, 5) is 24.2. The molecule has 2 N–H and O–H groups in total. The predicted molar refractivity (Wildman–Crippen MR) is 60.1 cm³/mol. The van der Waals surface area contributed by atoms with Gasteiger partial charge in [-0.05, 0) is 18.8 Å². The molecular weight excluding hydrogens is 208 g/mol. The largest absolute Gasteiger partial charge is 0.480 e. The average molecular weight is 228 g/mol. The summed E-state index contributed by atoms with van der Waals surface area (Å²) in [5, 5.41) is 11.7. The van der Waals surface area contributed by atoms with Gasteiger partial charge in [-0.1, -0.05) is 13.8 Å². The van der Waals surface area contributed by atoms with E-state index in [9.17, 15) is 9.59 Å². The van der Waals surface area contributed by atoms with Crippen LogP contribution in [0.1, 0.15) is 26.7 Å². The van der Waals surface area contributed by atoms with Crippen LogP contribution in [0.15, 0.2) is 0 Å². The smallest absolute Gasteiger partial charge is 0.320 e. The molecule has 1 amide bonds. The minimum absolute atomic E-state index is 0.0310. The second kappa shape index (κ2) is 5.30. The maximum absolute atomic E-state index is 11.6. The zero-order valence-corrected chi connectivity index (χ0v) is 10.1. The van der Waals surface area contributed by atoms with Crippen LogP contribution in [-0.2, 0) is 9.59 Å². The minimum Gasteiger partial charge on any atom is -0.480 e. The Labute approximate surface area is 95.8 Å². The second-order valence-corrected chi connectivity index (χ2v) is 4.68. The van der Waals surface area contributed by atoms with Crippen LogP contribution in [0.3, 0.4) is 0 Å². The molecule has 1 fully saturated rings. The van der Waals surface area contributed by atoms with Gasteiger partial charge in [-0.25, -0.2) is 0 Å². The summed E-state index contributed by atoms with van der Waals surface area (Å²) >= 11 is 0. The third-order valence-electron chi connectivity index (χ3n) is 2.89. The Hall–Kier alpha value is -1.10. The van der Waals surface area contributed by atoms with E-state index in [4.69, 9.17) is 5.11 Å². The molecule has 0 aliphatic heterocycles. The van der Waals surface area contributed by atoms with E-state index in [0.29, 0.717) is 6.04 Å². The lowest BCUT2D eigenvalue weighted by atomic mass is 10.1. The van der Waals surface area contributed by atoms with Crippen LogP contribution < -0.4 is 5.32 Å². The first-order valence-corrected chi connectivity index (χ1v) is 5.65. The molecule has 0 heterocycles. The number of carboxylic acids is 1. The molecule has 5 heteroatoms. The fourth-order valence-corrected chi connectivity index (χ4v) is 1.60. The maximum Gasteiger partial charge on any atom is 0.320 e. The number of nitrogens with one attached hydrogen (secondary N) is 1. The van der Waals surface area contributed by atoms with Gasteiger partial charge in [0.05, 0.1) is 6.54 Å². The number of hydrogen-bond acceptors (Lipinski definition) is 3. The van der Waals surface area contributed by atoms with Crippen molar-refractivity contribution in [3.8, 4) is 0 Å². The summed E-state index contributed by atoms with van der Waals surface area (Å²) in [6.07, 6.45) is 2.13. The van der Waals surface area contributed by atoms with Gasteiger partial charge in [0.15, 0.2) is 0 Å². The number of nitrogens with zero attached hydrogens (tertiary/aromatic N) is 1. The van der Waals surface area contributed by atoms with E-state index in [2.05, 4.69) is 5.32 Å². The summed E-state index contributed by atoms with van der Waals surface area (Å²) in [6, 6.07) is -0.284. The summed E-state index contributed by atoms with van der Waals surface area (Å²) in [5.74, 6) is -0.970. The molecule has 5 nitrogen and oxygen atoms in total. The number of amides is 1. The molecule has 0 aromatic carbocycles. The van der Waals surface area contributed by atoms with Gasteiger partial charge in [-0.15, -0.1) is 0 Å². The number of rotatable bonds is 6. The average Bonchev–Trinajstić information content (AvgIpc) is 2.98. The highest BCUT2D eigenvalue weighted by molar-refractivity contribution is 5.80. The van der Waals surface area contributed by atoms with Crippen molar-refractivity contribution in [3.63, 3.8) is 0 Å². The summed E-state index contributed by atoms with van der Waals surface area (Å²) in [6.45, 7) is 3.74. The van der Waals surface area contributed by atoms with Gasteiger partial charge in [-0.2, -0.15) is 0 Å². The van der Waals surface area contributed by atoms with Crippen molar-refractivity contribution in [3.05, 3.63) is 0 Å². The molecule has 0 aromatic heterocycles. The van der Waals surface area contributed by atoms with Crippen LogP contribution in [0.4, 0.5) is 0 Å². The highest BCUT2D eigenvalue weighted by Gasteiger charge is 2.30. The Kier molecular flexibility index (Phi) is 4.29. The lowest BCUT2D eigenvalue weighted by Gasteiger charge is -2.21. The lowest BCUT2D eigenvalue weighted by molar-refractivity contribution is -0.141. The summed E-state index contributed by atoms with van der Waals surface area (Å²) in [5.41, 5.74) is 0. The first-order valence-electron chi connectivity index (χ1n) is 5.65. The van der Waals surface area contributed by atoms with E-state index in [-0.39, 0.29) is 18.4 Å². The van der Waals surface area contributed by atoms with Crippen molar-refractivity contribution in [1.82, 2.24) is 10.2 Å². The quantitative estimate of drug-likeness (QED) is 0.686. The van der Waals surface area contributed by atoms with E-state index in [1.54, 1.807) is 11.9 Å². The Balaban J connectivity index is 2.36.